The van der Waals surface area contributed by atoms with Crippen molar-refractivity contribution < 1.29 is 18.1 Å². The minimum absolute atomic E-state index is 0.0934. The van der Waals surface area contributed by atoms with E-state index < -0.39 is 20.6 Å². The second-order valence-corrected chi connectivity index (χ2v) is 8.46. The molecular weight excluding hydrogens is 418 g/mol. The molecule has 2 N–H and O–H groups in total. The van der Waals surface area contributed by atoms with Gasteiger partial charge in [-0.05, 0) is 17.5 Å². The lowest BCUT2D eigenvalue weighted by molar-refractivity contribution is 0.484. The second-order valence-electron chi connectivity index (χ2n) is 7.07. The molecule has 5 rings (SSSR count). The summed E-state index contributed by atoms with van der Waals surface area (Å²) >= 11 is 0. The topological polar surface area (TPSA) is 122 Å². The average Bonchev–Trinajstić information content (AvgIpc) is 2.76. The summed E-state index contributed by atoms with van der Waals surface area (Å²) in [5.41, 5.74) is -1.21. The van der Waals surface area contributed by atoms with Gasteiger partial charge < -0.3 is 5.11 Å². The van der Waals surface area contributed by atoms with Gasteiger partial charge in [0, 0.05) is 26.8 Å². The highest BCUT2D eigenvalue weighted by molar-refractivity contribution is 7.86. The number of nitrogens with zero attached hydrogens (tertiary/aromatic N) is 1. The average molecular weight is 431 g/mol. The van der Waals surface area contributed by atoms with Crippen molar-refractivity contribution in [3.05, 3.63) is 109 Å². The molecule has 1 aliphatic carbocycles. The van der Waals surface area contributed by atoms with Gasteiger partial charge in [-0.2, -0.15) is 8.42 Å². The Hall–Kier alpha value is -3.88. The first-order valence-corrected chi connectivity index (χ1v) is 10.6. The van der Waals surface area contributed by atoms with Crippen molar-refractivity contribution in [3.63, 3.8) is 0 Å². The Morgan fingerprint density at radius 2 is 1.42 bits per heavy atom. The number of rotatable bonds is 2. The Morgan fingerprint density at radius 1 is 0.774 bits per heavy atom. The van der Waals surface area contributed by atoms with Crippen LogP contribution in [0.5, 0.6) is 0 Å². The van der Waals surface area contributed by atoms with Gasteiger partial charge in [0.2, 0.25) is 0 Å². The summed E-state index contributed by atoms with van der Waals surface area (Å²) in [5.74, 6) is -0.345. The first kappa shape index (κ1) is 19.1. The number of aliphatic hydroxyl groups excluding tert-OH is 1. The van der Waals surface area contributed by atoms with Crippen molar-refractivity contribution in [1.82, 2.24) is 4.98 Å². The Morgan fingerprint density at radius 3 is 2.10 bits per heavy atom. The van der Waals surface area contributed by atoms with E-state index in [-0.39, 0.29) is 37.7 Å². The van der Waals surface area contributed by atoms with E-state index >= 15 is 0 Å². The van der Waals surface area contributed by atoms with E-state index in [0.29, 0.717) is 16.3 Å². The lowest BCUT2D eigenvalue weighted by Gasteiger charge is -2.09. The number of aliphatic hydroxyl groups is 1. The number of fused-ring (bicyclic) bond motifs is 2. The predicted octanol–water partition coefficient (Wildman–Crippen LogP) is 1.95. The molecule has 0 saturated heterocycles. The summed E-state index contributed by atoms with van der Waals surface area (Å²) < 4.78 is 33.5. The minimum atomic E-state index is -4.73. The number of aromatic nitrogens is 1. The van der Waals surface area contributed by atoms with Crippen LogP contribution in [0.2, 0.25) is 0 Å². The molecule has 0 atom stereocenters. The van der Waals surface area contributed by atoms with E-state index in [2.05, 4.69) is 4.98 Å². The fraction of sp³-hybridized carbons (Fsp3) is 0. The van der Waals surface area contributed by atoms with Gasteiger partial charge in [0.05, 0.1) is 10.7 Å². The Kier molecular flexibility index (Phi) is 4.04. The molecule has 2 aliphatic rings. The van der Waals surface area contributed by atoms with E-state index in [4.69, 9.17) is 0 Å². The van der Waals surface area contributed by atoms with Gasteiger partial charge in [-0.3, -0.25) is 14.1 Å². The van der Waals surface area contributed by atoms with Crippen LogP contribution in [0.3, 0.4) is 0 Å². The van der Waals surface area contributed by atoms with E-state index in [0.717, 1.165) is 6.07 Å². The van der Waals surface area contributed by atoms with Crippen LogP contribution in [0.1, 0.15) is 5.56 Å². The molecule has 0 saturated carbocycles. The molecule has 0 fully saturated rings. The Bertz CT molecular complexity index is 1850. The maximum absolute atomic E-state index is 13.1. The molecule has 0 spiro atoms. The van der Waals surface area contributed by atoms with E-state index in [9.17, 15) is 27.7 Å². The van der Waals surface area contributed by atoms with Crippen LogP contribution in [-0.2, 0) is 10.1 Å². The largest absolute Gasteiger partial charge is 0.506 e. The number of hydrogen-bond acceptors (Lipinski definition) is 6. The summed E-state index contributed by atoms with van der Waals surface area (Å²) in [7, 11) is -4.73. The monoisotopic (exact) mass is 431 g/mol. The normalized spacial score (nSPS) is 13.2. The summed E-state index contributed by atoms with van der Waals surface area (Å²) in [6, 6.07) is 17.2. The van der Waals surface area contributed by atoms with Crippen LogP contribution in [0.15, 0.2) is 81.2 Å². The van der Waals surface area contributed by atoms with E-state index in [1.165, 1.54) is 6.07 Å². The van der Waals surface area contributed by atoms with Crippen molar-refractivity contribution in [2.24, 2.45) is 0 Å². The third-order valence-electron chi connectivity index (χ3n) is 5.32. The third-order valence-corrected chi connectivity index (χ3v) is 6.20. The minimum Gasteiger partial charge on any atom is -0.506 e. The van der Waals surface area contributed by atoms with Gasteiger partial charge in [0.15, 0.2) is 5.43 Å². The van der Waals surface area contributed by atoms with Crippen LogP contribution in [-0.4, -0.2) is 23.1 Å². The van der Waals surface area contributed by atoms with Crippen molar-refractivity contribution in [2.75, 3.05) is 0 Å². The van der Waals surface area contributed by atoms with Gasteiger partial charge in [-0.15, -0.1) is 0 Å². The van der Waals surface area contributed by atoms with Gasteiger partial charge in [0.25, 0.3) is 15.7 Å². The standard InChI is InChI=1S/C23H13NO6S/c25-21(12-6-2-1-3-7-12)19-17-13-8-4-5-9-14(13)22(26)15-10-11-16(31(28,29)30)20(18(15)17)24-23(19)27/h1-11,25H,(H,28,29,30). The Labute approximate surface area is 174 Å². The third kappa shape index (κ3) is 2.77. The molecule has 0 unspecified atom stereocenters. The molecule has 0 radical (unpaired) electrons. The fourth-order valence-electron chi connectivity index (χ4n) is 4.00. The fourth-order valence-corrected chi connectivity index (χ4v) is 4.63. The SMILES string of the molecule is O=c1nc2c(S(=O)(=O)O)ccc3c2=c(c1=C(O)c1ccccc1)c1ccccc1c3=O. The molecule has 0 bridgehead atoms. The second kappa shape index (κ2) is 6.56. The summed E-state index contributed by atoms with van der Waals surface area (Å²) in [6.45, 7) is 0. The summed E-state index contributed by atoms with van der Waals surface area (Å²) in [5, 5.41) is 12.0. The lowest BCUT2D eigenvalue weighted by atomic mass is 9.97. The van der Waals surface area contributed by atoms with Crippen molar-refractivity contribution in [2.45, 2.75) is 4.90 Å². The quantitative estimate of drug-likeness (QED) is 0.410. The van der Waals surface area contributed by atoms with Crippen LogP contribution in [0.4, 0.5) is 0 Å². The molecular formula is C23H13NO6S. The highest BCUT2D eigenvalue weighted by atomic mass is 32.2. The molecule has 1 aliphatic heterocycles. The molecule has 1 heterocycles. The molecule has 3 aromatic carbocycles. The lowest BCUT2D eigenvalue weighted by Crippen LogP contribution is -2.33. The molecule has 0 aromatic heterocycles. The van der Waals surface area contributed by atoms with Crippen molar-refractivity contribution in [3.8, 4) is 0 Å². The first-order valence-electron chi connectivity index (χ1n) is 9.20. The zero-order chi connectivity index (χ0) is 21.9. The van der Waals surface area contributed by atoms with Gasteiger partial charge in [-0.1, -0.05) is 54.6 Å². The van der Waals surface area contributed by atoms with E-state index in [1.807, 2.05) is 0 Å². The molecule has 0 amide bonds. The van der Waals surface area contributed by atoms with Crippen LogP contribution < -0.4 is 16.2 Å². The Balaban J connectivity index is 2.27. The number of hydrogen-bond donors (Lipinski definition) is 2. The maximum Gasteiger partial charge on any atom is 0.296 e. The maximum atomic E-state index is 13.1. The molecule has 31 heavy (non-hydrogen) atoms. The van der Waals surface area contributed by atoms with E-state index in [1.54, 1.807) is 54.6 Å². The van der Waals surface area contributed by atoms with Crippen LogP contribution in [0.25, 0.3) is 27.4 Å². The van der Waals surface area contributed by atoms with Gasteiger partial charge in [0.1, 0.15) is 10.7 Å². The zero-order valence-corrected chi connectivity index (χ0v) is 16.6. The van der Waals surface area contributed by atoms with Gasteiger partial charge in [-0.25, -0.2) is 4.98 Å². The highest BCUT2D eigenvalue weighted by Crippen LogP contribution is 2.23. The van der Waals surface area contributed by atoms with Gasteiger partial charge >= 0.3 is 0 Å². The highest BCUT2D eigenvalue weighted by Gasteiger charge is 2.21. The zero-order valence-electron chi connectivity index (χ0n) is 15.7. The first-order chi connectivity index (χ1) is 14.8. The van der Waals surface area contributed by atoms with Crippen molar-refractivity contribution in [1.29, 1.82) is 0 Å². The van der Waals surface area contributed by atoms with Crippen LogP contribution in [0, 0.1) is 10.4 Å². The van der Waals surface area contributed by atoms with Crippen molar-refractivity contribution >= 4 is 37.6 Å². The summed E-state index contributed by atoms with van der Waals surface area (Å²) in [4.78, 5) is 29.5. The molecule has 7 nitrogen and oxygen atoms in total. The predicted molar refractivity (Wildman–Crippen MR) is 115 cm³/mol. The number of benzene rings is 3. The molecule has 8 heteroatoms. The molecule has 3 aromatic rings. The molecule has 152 valence electrons. The smallest absolute Gasteiger partial charge is 0.296 e. The van der Waals surface area contributed by atoms with Crippen LogP contribution >= 0.6 is 0 Å². The summed E-state index contributed by atoms with van der Waals surface area (Å²) in [6.07, 6.45) is 0.